The Balaban J connectivity index is 1.40. The molecular formula is C26H31N3O6S. The summed E-state index contributed by atoms with van der Waals surface area (Å²) < 4.78 is 10.5. The molecule has 0 saturated carbocycles. The second kappa shape index (κ2) is 11.6. The molecule has 0 radical (unpaired) electrons. The number of ether oxygens (including phenoxy) is 2. The number of carbonyl (C=O) groups is 4. The number of carbonyl (C=O) groups excluding carboxylic acids is 4. The van der Waals surface area contributed by atoms with E-state index in [1.54, 1.807) is 11.3 Å². The zero-order valence-corrected chi connectivity index (χ0v) is 21.3. The van der Waals surface area contributed by atoms with E-state index in [0.717, 1.165) is 50.9 Å². The van der Waals surface area contributed by atoms with Gasteiger partial charge in [0, 0.05) is 57.6 Å². The van der Waals surface area contributed by atoms with Gasteiger partial charge in [-0.3, -0.25) is 19.2 Å². The van der Waals surface area contributed by atoms with Gasteiger partial charge in [-0.2, -0.15) is 11.3 Å². The number of hydrogen-bond donors (Lipinski definition) is 1. The standard InChI is InChI=1S/C26H31N3O6S/c1-17(30)34-23(25(32)27-13-19-7-10-28(11-8-19)22-9-12-36-16-22)24(35-18(2)31)26(33)29-14-20-5-3-4-6-21(20)15-29/h3-6,9,12,16,19,23-24H,7-8,10-11,13-15H2,1-2H3,(H,27,32)/t23-,24-/m1/s1. The van der Waals surface area contributed by atoms with E-state index in [2.05, 4.69) is 27.0 Å². The van der Waals surface area contributed by atoms with Crippen molar-refractivity contribution in [2.24, 2.45) is 5.92 Å². The van der Waals surface area contributed by atoms with Crippen LogP contribution in [0.3, 0.4) is 0 Å². The van der Waals surface area contributed by atoms with Crippen molar-refractivity contribution in [3.8, 4) is 0 Å². The van der Waals surface area contributed by atoms with Gasteiger partial charge in [0.2, 0.25) is 12.2 Å². The summed E-state index contributed by atoms with van der Waals surface area (Å²) in [4.78, 5) is 54.1. The van der Waals surface area contributed by atoms with Crippen LogP contribution in [0.1, 0.15) is 37.8 Å². The highest BCUT2D eigenvalue weighted by Gasteiger charge is 2.42. The minimum absolute atomic E-state index is 0.248. The Morgan fingerprint density at radius 3 is 2.14 bits per heavy atom. The highest BCUT2D eigenvalue weighted by Crippen LogP contribution is 2.26. The van der Waals surface area contributed by atoms with Crippen LogP contribution in [0.25, 0.3) is 0 Å². The second-order valence-electron chi connectivity index (χ2n) is 9.18. The van der Waals surface area contributed by atoms with Gasteiger partial charge in [0.15, 0.2) is 0 Å². The average Bonchev–Trinajstić information content (AvgIpc) is 3.54. The highest BCUT2D eigenvalue weighted by atomic mass is 32.1. The number of benzene rings is 1. The minimum Gasteiger partial charge on any atom is -0.448 e. The van der Waals surface area contributed by atoms with Crippen molar-refractivity contribution in [1.29, 1.82) is 0 Å². The third-order valence-electron chi connectivity index (χ3n) is 6.57. The van der Waals surface area contributed by atoms with E-state index in [4.69, 9.17) is 9.47 Å². The van der Waals surface area contributed by atoms with E-state index in [9.17, 15) is 19.2 Å². The normalized spacial score (nSPS) is 17.2. The van der Waals surface area contributed by atoms with Crippen molar-refractivity contribution >= 4 is 40.8 Å². The average molecular weight is 514 g/mol. The molecule has 0 spiro atoms. The van der Waals surface area contributed by atoms with E-state index in [0.29, 0.717) is 19.6 Å². The molecule has 192 valence electrons. The lowest BCUT2D eigenvalue weighted by atomic mass is 9.96. The Kier molecular flexibility index (Phi) is 8.25. The number of anilines is 1. The monoisotopic (exact) mass is 513 g/mol. The fourth-order valence-corrected chi connectivity index (χ4v) is 5.36. The topological polar surface area (TPSA) is 105 Å². The van der Waals surface area contributed by atoms with Crippen LogP contribution in [0.5, 0.6) is 0 Å². The third-order valence-corrected chi connectivity index (χ3v) is 7.24. The molecule has 2 atom stereocenters. The predicted octanol–water partition coefficient (Wildman–Crippen LogP) is 2.49. The van der Waals surface area contributed by atoms with Crippen LogP contribution in [0.4, 0.5) is 5.69 Å². The van der Waals surface area contributed by atoms with Crippen LogP contribution >= 0.6 is 11.3 Å². The summed E-state index contributed by atoms with van der Waals surface area (Å²) in [7, 11) is 0. The van der Waals surface area contributed by atoms with Gasteiger partial charge in [0.25, 0.3) is 11.8 Å². The number of thiophene rings is 1. The Bertz CT molecular complexity index is 1070. The van der Waals surface area contributed by atoms with Gasteiger partial charge < -0.3 is 24.6 Å². The van der Waals surface area contributed by atoms with Crippen molar-refractivity contribution in [2.45, 2.75) is 52.0 Å². The van der Waals surface area contributed by atoms with E-state index in [1.165, 1.54) is 10.6 Å². The number of hydrogen-bond acceptors (Lipinski definition) is 8. The number of piperidine rings is 1. The molecule has 3 heterocycles. The van der Waals surface area contributed by atoms with Gasteiger partial charge in [-0.05, 0) is 41.3 Å². The molecule has 1 N–H and O–H groups in total. The Morgan fingerprint density at radius 2 is 1.58 bits per heavy atom. The lowest BCUT2D eigenvalue weighted by Gasteiger charge is -2.33. The number of amides is 2. The molecule has 0 bridgehead atoms. The maximum atomic E-state index is 13.4. The van der Waals surface area contributed by atoms with Crippen LogP contribution in [0, 0.1) is 5.92 Å². The first-order valence-electron chi connectivity index (χ1n) is 12.1. The summed E-state index contributed by atoms with van der Waals surface area (Å²) in [6.45, 7) is 5.10. The zero-order valence-electron chi connectivity index (χ0n) is 20.5. The Morgan fingerprint density at radius 1 is 0.972 bits per heavy atom. The molecular weight excluding hydrogens is 482 g/mol. The van der Waals surface area contributed by atoms with Gasteiger partial charge in [0.05, 0.1) is 0 Å². The lowest BCUT2D eigenvalue weighted by molar-refractivity contribution is -0.178. The zero-order chi connectivity index (χ0) is 25.7. The molecule has 2 aliphatic heterocycles. The van der Waals surface area contributed by atoms with Crippen molar-refractivity contribution in [2.75, 3.05) is 24.5 Å². The third kappa shape index (κ3) is 6.23. The molecule has 1 aromatic heterocycles. The molecule has 1 aromatic carbocycles. The van der Waals surface area contributed by atoms with E-state index in [1.807, 2.05) is 24.3 Å². The highest BCUT2D eigenvalue weighted by molar-refractivity contribution is 7.08. The van der Waals surface area contributed by atoms with Crippen molar-refractivity contribution in [1.82, 2.24) is 10.2 Å². The maximum Gasteiger partial charge on any atom is 0.303 e. The Labute approximate surface area is 214 Å². The van der Waals surface area contributed by atoms with Crippen LogP contribution < -0.4 is 10.2 Å². The molecule has 2 aromatic rings. The largest absolute Gasteiger partial charge is 0.448 e. The maximum absolute atomic E-state index is 13.4. The molecule has 0 unspecified atom stereocenters. The summed E-state index contributed by atoms with van der Waals surface area (Å²) in [5.41, 5.74) is 3.17. The van der Waals surface area contributed by atoms with Crippen molar-refractivity contribution < 1.29 is 28.7 Å². The van der Waals surface area contributed by atoms with E-state index in [-0.39, 0.29) is 5.92 Å². The SMILES string of the molecule is CC(=O)O[C@@H](C(=O)NCC1CCN(c2ccsc2)CC1)[C@@H](OC(C)=O)C(=O)N1Cc2ccccc2C1. The quantitative estimate of drug-likeness (QED) is 0.541. The van der Waals surface area contributed by atoms with Gasteiger partial charge in [-0.1, -0.05) is 24.3 Å². The van der Waals surface area contributed by atoms with Gasteiger partial charge in [-0.15, -0.1) is 0 Å². The molecule has 4 rings (SSSR count). The molecule has 2 amide bonds. The van der Waals surface area contributed by atoms with Gasteiger partial charge in [-0.25, -0.2) is 0 Å². The summed E-state index contributed by atoms with van der Waals surface area (Å²) in [6.07, 6.45) is -1.35. The van der Waals surface area contributed by atoms with E-state index < -0.39 is 36.0 Å². The number of rotatable bonds is 8. The van der Waals surface area contributed by atoms with Crippen molar-refractivity contribution in [3.63, 3.8) is 0 Å². The summed E-state index contributed by atoms with van der Waals surface area (Å²) >= 11 is 1.66. The molecule has 1 saturated heterocycles. The van der Waals surface area contributed by atoms with Crippen molar-refractivity contribution in [3.05, 3.63) is 52.2 Å². The van der Waals surface area contributed by atoms with Crippen LogP contribution in [0.2, 0.25) is 0 Å². The Hall–Kier alpha value is -3.40. The van der Waals surface area contributed by atoms with Gasteiger partial charge in [0.1, 0.15) is 0 Å². The lowest BCUT2D eigenvalue weighted by Crippen LogP contribution is -2.54. The molecule has 0 aliphatic carbocycles. The summed E-state index contributed by atoms with van der Waals surface area (Å²) in [5, 5.41) is 7.01. The molecule has 36 heavy (non-hydrogen) atoms. The summed E-state index contributed by atoms with van der Waals surface area (Å²) in [5.74, 6) is -2.46. The van der Waals surface area contributed by atoms with Crippen LogP contribution in [-0.2, 0) is 41.7 Å². The van der Waals surface area contributed by atoms with Crippen LogP contribution in [0.15, 0.2) is 41.1 Å². The fraction of sp³-hybridized carbons (Fsp3) is 0.462. The first-order chi connectivity index (χ1) is 17.3. The number of fused-ring (bicyclic) bond motifs is 1. The van der Waals surface area contributed by atoms with Crippen LogP contribution in [-0.4, -0.2) is 60.5 Å². The van der Waals surface area contributed by atoms with E-state index >= 15 is 0 Å². The first kappa shape index (κ1) is 25.7. The molecule has 2 aliphatic rings. The fourth-order valence-electron chi connectivity index (χ4n) is 4.70. The molecule has 10 heteroatoms. The number of nitrogens with one attached hydrogen (secondary N) is 1. The minimum atomic E-state index is -1.58. The molecule has 9 nitrogen and oxygen atoms in total. The predicted molar refractivity (Wildman–Crippen MR) is 134 cm³/mol. The first-order valence-corrected chi connectivity index (χ1v) is 13.0. The van der Waals surface area contributed by atoms with Gasteiger partial charge >= 0.3 is 11.9 Å². The number of nitrogens with zero attached hydrogens (tertiary/aromatic N) is 2. The second-order valence-corrected chi connectivity index (χ2v) is 9.96. The summed E-state index contributed by atoms with van der Waals surface area (Å²) in [6, 6.07) is 9.71. The smallest absolute Gasteiger partial charge is 0.303 e. The number of esters is 2. The molecule has 1 fully saturated rings.